The minimum Gasteiger partial charge on any atom is -0.463 e. The van der Waals surface area contributed by atoms with Crippen molar-refractivity contribution in [3.05, 3.63) is 26.9 Å². The smallest absolute Gasteiger partial charge is 0.303 e. The fourth-order valence-corrected chi connectivity index (χ4v) is 4.10. The van der Waals surface area contributed by atoms with Gasteiger partial charge in [0.1, 0.15) is 12.7 Å². The van der Waals surface area contributed by atoms with Crippen molar-refractivity contribution in [1.29, 1.82) is 0 Å². The summed E-state index contributed by atoms with van der Waals surface area (Å²) in [5.41, 5.74) is 1.04. The first kappa shape index (κ1) is 22.8. The van der Waals surface area contributed by atoms with Gasteiger partial charge in [-0.15, -0.1) is 0 Å². The quantitative estimate of drug-likeness (QED) is 0.433. The lowest BCUT2D eigenvalue weighted by molar-refractivity contribution is -0.166. The molecule has 3 rings (SSSR count). The van der Waals surface area contributed by atoms with E-state index in [4.69, 9.17) is 42.1 Å². The summed E-state index contributed by atoms with van der Waals surface area (Å²) in [6.45, 7) is 3.46. The zero-order valence-corrected chi connectivity index (χ0v) is 19.2. The van der Waals surface area contributed by atoms with Gasteiger partial charge in [-0.05, 0) is 28.1 Å². The predicted molar refractivity (Wildman–Crippen MR) is 109 cm³/mol. The van der Waals surface area contributed by atoms with E-state index in [1.54, 1.807) is 16.7 Å². The number of rotatable bonds is 5. The molecule has 0 unspecified atom stereocenters. The van der Waals surface area contributed by atoms with Gasteiger partial charge in [0.15, 0.2) is 23.2 Å². The van der Waals surface area contributed by atoms with E-state index in [2.05, 4.69) is 20.9 Å². The lowest BCUT2D eigenvalue weighted by atomic mass is 10.1. The minimum absolute atomic E-state index is 0.210. The number of carbonyl (C=O) groups excluding carboxylic acids is 3. The number of carbonyl (C=O) groups is 3. The molecule has 0 radical (unpaired) electrons. The van der Waals surface area contributed by atoms with Gasteiger partial charge in [0, 0.05) is 20.8 Å². The third-order valence-corrected chi connectivity index (χ3v) is 5.56. The van der Waals surface area contributed by atoms with E-state index in [1.165, 1.54) is 20.8 Å². The molecule has 0 bridgehead atoms. The molecule has 4 atom stereocenters. The van der Waals surface area contributed by atoms with E-state index in [0.717, 1.165) is 0 Å². The number of hydrogen-bond donors (Lipinski definition) is 0. The summed E-state index contributed by atoms with van der Waals surface area (Å²) in [6, 6.07) is 3.17. The van der Waals surface area contributed by atoms with Crippen LogP contribution in [0.4, 0.5) is 0 Å². The van der Waals surface area contributed by atoms with Crippen molar-refractivity contribution in [2.24, 2.45) is 0 Å². The molecule has 0 spiro atoms. The van der Waals surface area contributed by atoms with Gasteiger partial charge in [-0.2, -0.15) is 0 Å². The fourth-order valence-electron chi connectivity index (χ4n) is 3.20. The van der Waals surface area contributed by atoms with Crippen LogP contribution in [0.2, 0.25) is 10.0 Å². The summed E-state index contributed by atoms with van der Waals surface area (Å²) >= 11 is 15.6. The van der Waals surface area contributed by atoms with E-state index in [1.807, 2.05) is 0 Å². The number of aromatic nitrogens is 2. The maximum atomic E-state index is 11.8. The van der Waals surface area contributed by atoms with E-state index >= 15 is 0 Å². The van der Waals surface area contributed by atoms with Gasteiger partial charge in [0.25, 0.3) is 0 Å². The van der Waals surface area contributed by atoms with Crippen molar-refractivity contribution in [3.8, 4) is 0 Å². The Kier molecular flexibility index (Phi) is 6.91. The van der Waals surface area contributed by atoms with Crippen LogP contribution in [0.25, 0.3) is 11.0 Å². The second-order valence-electron chi connectivity index (χ2n) is 6.52. The van der Waals surface area contributed by atoms with Gasteiger partial charge in [0.2, 0.25) is 0 Å². The standard InChI is InChI=1S/C18H17BrCl2N2O7/c1-7(24)27-6-14-15(28-8(2)25)16(29-9(3)26)17(30-14)23-13-5-11(21)10(20)4-12(13)22-18(23)19/h4-5,14-17H,6H2,1-3H3/t14-,15-,16-,17+/m0/s1. The largest absolute Gasteiger partial charge is 0.463 e. The number of benzene rings is 1. The molecule has 0 amide bonds. The summed E-state index contributed by atoms with van der Waals surface area (Å²) in [6.07, 6.45) is -3.92. The highest BCUT2D eigenvalue weighted by atomic mass is 79.9. The Balaban J connectivity index is 2.09. The van der Waals surface area contributed by atoms with Crippen LogP contribution in [0.15, 0.2) is 16.9 Å². The Morgan fingerprint density at radius 3 is 2.27 bits per heavy atom. The van der Waals surface area contributed by atoms with Crippen molar-refractivity contribution in [1.82, 2.24) is 9.55 Å². The van der Waals surface area contributed by atoms with Gasteiger partial charge in [-0.1, -0.05) is 23.2 Å². The lowest BCUT2D eigenvalue weighted by Gasteiger charge is -2.24. The molecule has 9 nitrogen and oxygen atoms in total. The van der Waals surface area contributed by atoms with Crippen LogP contribution in [0.5, 0.6) is 0 Å². The molecule has 30 heavy (non-hydrogen) atoms. The number of ether oxygens (including phenoxy) is 4. The van der Waals surface area contributed by atoms with Crippen molar-refractivity contribution in [2.45, 2.75) is 45.3 Å². The van der Waals surface area contributed by atoms with Gasteiger partial charge in [-0.25, -0.2) is 4.98 Å². The van der Waals surface area contributed by atoms with Crippen molar-refractivity contribution in [2.75, 3.05) is 6.61 Å². The van der Waals surface area contributed by atoms with Gasteiger partial charge in [-0.3, -0.25) is 19.0 Å². The number of imidazole rings is 1. The second-order valence-corrected chi connectivity index (χ2v) is 8.05. The fraction of sp³-hybridized carbons (Fsp3) is 0.444. The highest BCUT2D eigenvalue weighted by molar-refractivity contribution is 9.10. The number of nitrogens with zero attached hydrogens (tertiary/aromatic N) is 2. The van der Waals surface area contributed by atoms with Crippen LogP contribution < -0.4 is 0 Å². The topological polar surface area (TPSA) is 106 Å². The van der Waals surface area contributed by atoms with Crippen LogP contribution in [0, 0.1) is 0 Å². The number of fused-ring (bicyclic) bond motifs is 1. The van der Waals surface area contributed by atoms with Crippen LogP contribution in [0.3, 0.4) is 0 Å². The molecule has 1 aromatic carbocycles. The van der Waals surface area contributed by atoms with E-state index < -0.39 is 42.4 Å². The Hall–Kier alpha value is -1.88. The molecule has 2 heterocycles. The Labute approximate surface area is 189 Å². The number of hydrogen-bond acceptors (Lipinski definition) is 8. The molecule has 2 aromatic rings. The van der Waals surface area contributed by atoms with Crippen LogP contribution in [-0.2, 0) is 33.3 Å². The Morgan fingerprint density at radius 2 is 1.67 bits per heavy atom. The molecule has 0 aliphatic carbocycles. The average Bonchev–Trinajstić information content (AvgIpc) is 3.10. The van der Waals surface area contributed by atoms with Gasteiger partial charge >= 0.3 is 17.9 Å². The lowest BCUT2D eigenvalue weighted by Crippen LogP contribution is -2.40. The first-order valence-electron chi connectivity index (χ1n) is 8.74. The molecule has 12 heteroatoms. The first-order valence-corrected chi connectivity index (χ1v) is 10.3. The summed E-state index contributed by atoms with van der Waals surface area (Å²) < 4.78 is 23.8. The molecule has 162 valence electrons. The molecule has 1 aliphatic rings. The highest BCUT2D eigenvalue weighted by Gasteiger charge is 2.51. The summed E-state index contributed by atoms with van der Waals surface area (Å²) in [7, 11) is 0. The van der Waals surface area contributed by atoms with E-state index in [9.17, 15) is 14.4 Å². The molecule has 0 N–H and O–H groups in total. The first-order chi connectivity index (χ1) is 14.1. The third kappa shape index (κ3) is 4.72. The molecular weight excluding hydrogens is 507 g/mol. The molecule has 1 fully saturated rings. The van der Waals surface area contributed by atoms with Crippen LogP contribution in [0.1, 0.15) is 27.0 Å². The second kappa shape index (κ2) is 9.09. The Morgan fingerprint density at radius 1 is 1.07 bits per heavy atom. The predicted octanol–water partition coefficient (Wildman–Crippen LogP) is 3.43. The average molecular weight is 524 g/mol. The van der Waals surface area contributed by atoms with Crippen molar-refractivity contribution >= 4 is 68.1 Å². The third-order valence-electron chi connectivity index (χ3n) is 4.28. The van der Waals surface area contributed by atoms with Gasteiger partial charge < -0.3 is 18.9 Å². The van der Waals surface area contributed by atoms with Gasteiger partial charge in [0.05, 0.1) is 21.1 Å². The highest BCUT2D eigenvalue weighted by Crippen LogP contribution is 2.39. The Bertz CT molecular complexity index is 1010. The summed E-state index contributed by atoms with van der Waals surface area (Å²) in [5.74, 6) is -1.76. The summed E-state index contributed by atoms with van der Waals surface area (Å²) in [4.78, 5) is 39.1. The van der Waals surface area contributed by atoms with Crippen molar-refractivity contribution < 1.29 is 33.3 Å². The maximum absolute atomic E-state index is 11.8. The van der Waals surface area contributed by atoms with Crippen LogP contribution >= 0.6 is 39.1 Å². The summed E-state index contributed by atoms with van der Waals surface area (Å²) in [5, 5.41) is 0.601. The van der Waals surface area contributed by atoms with Crippen LogP contribution in [-0.4, -0.2) is 52.4 Å². The zero-order valence-electron chi connectivity index (χ0n) is 16.1. The zero-order chi connectivity index (χ0) is 22.2. The maximum Gasteiger partial charge on any atom is 0.303 e. The monoisotopic (exact) mass is 522 g/mol. The minimum atomic E-state index is -1.05. The van der Waals surface area contributed by atoms with E-state index in [-0.39, 0.29) is 11.6 Å². The van der Waals surface area contributed by atoms with E-state index in [0.29, 0.717) is 20.8 Å². The number of halogens is 3. The molecule has 1 aromatic heterocycles. The normalized spacial score (nSPS) is 23.4. The van der Waals surface area contributed by atoms with Crippen molar-refractivity contribution in [3.63, 3.8) is 0 Å². The molecule has 1 saturated heterocycles. The molecular formula is C18H17BrCl2N2O7. The molecule has 0 saturated carbocycles. The molecule has 1 aliphatic heterocycles. The SMILES string of the molecule is CC(=O)OC[C@@H]1O[C@@H](n2c(Br)nc3cc(Cl)c(Cl)cc32)[C@@H](OC(C)=O)[C@H]1OC(C)=O. The number of esters is 3.